The lowest BCUT2D eigenvalue weighted by atomic mass is 10.0. The summed E-state index contributed by atoms with van der Waals surface area (Å²) in [6, 6.07) is 8.35. The average Bonchev–Trinajstić information content (AvgIpc) is 2.76. The van der Waals surface area contributed by atoms with Gasteiger partial charge in [0.25, 0.3) is 0 Å². The monoisotopic (exact) mass is 246 g/mol. The van der Waals surface area contributed by atoms with Crippen LogP contribution in [-0.2, 0) is 4.79 Å². The van der Waals surface area contributed by atoms with Crippen molar-refractivity contribution in [1.82, 2.24) is 5.32 Å². The van der Waals surface area contributed by atoms with Crippen LogP contribution in [0.1, 0.15) is 43.4 Å². The topological polar surface area (TPSA) is 55.1 Å². The molecule has 18 heavy (non-hydrogen) atoms. The first-order valence-electron chi connectivity index (χ1n) is 6.70. The fourth-order valence-corrected chi connectivity index (χ4v) is 2.57. The number of nitrogens with one attached hydrogen (secondary N) is 1. The van der Waals surface area contributed by atoms with E-state index in [9.17, 15) is 4.79 Å². The third-order valence-electron chi connectivity index (χ3n) is 3.84. The molecule has 1 fully saturated rings. The van der Waals surface area contributed by atoms with Gasteiger partial charge in [-0.15, -0.1) is 0 Å². The molecule has 1 amide bonds. The van der Waals surface area contributed by atoms with E-state index < -0.39 is 0 Å². The average molecular weight is 246 g/mol. The van der Waals surface area contributed by atoms with Gasteiger partial charge in [-0.05, 0) is 32.3 Å². The van der Waals surface area contributed by atoms with E-state index in [1.807, 2.05) is 6.92 Å². The highest BCUT2D eigenvalue weighted by atomic mass is 16.2. The minimum absolute atomic E-state index is 0.00195. The molecule has 0 aromatic heterocycles. The molecule has 0 saturated heterocycles. The van der Waals surface area contributed by atoms with Crippen molar-refractivity contribution in [3.8, 4) is 0 Å². The number of nitrogens with two attached hydrogens (primary N) is 1. The Hall–Kier alpha value is -1.35. The molecule has 2 rings (SSSR count). The SMILES string of the molecule is Cc1ccc(C(C)NC(=O)C2CCCC2N)cc1. The maximum Gasteiger partial charge on any atom is 0.225 e. The molecule has 1 aromatic rings. The third kappa shape index (κ3) is 2.91. The maximum atomic E-state index is 12.1. The van der Waals surface area contributed by atoms with E-state index in [1.165, 1.54) is 5.56 Å². The lowest BCUT2D eigenvalue weighted by Gasteiger charge is -2.20. The predicted molar refractivity (Wildman–Crippen MR) is 73.1 cm³/mol. The summed E-state index contributed by atoms with van der Waals surface area (Å²) in [5.41, 5.74) is 8.32. The van der Waals surface area contributed by atoms with Crippen LogP contribution in [0.25, 0.3) is 0 Å². The van der Waals surface area contributed by atoms with Gasteiger partial charge in [0.05, 0.1) is 12.0 Å². The molecule has 1 aliphatic rings. The highest BCUT2D eigenvalue weighted by molar-refractivity contribution is 5.80. The maximum absolute atomic E-state index is 12.1. The molecule has 3 atom stereocenters. The van der Waals surface area contributed by atoms with Gasteiger partial charge in [0.15, 0.2) is 0 Å². The first-order valence-corrected chi connectivity index (χ1v) is 6.70. The van der Waals surface area contributed by atoms with Gasteiger partial charge in [0.2, 0.25) is 5.91 Å². The summed E-state index contributed by atoms with van der Waals surface area (Å²) in [6.07, 6.45) is 2.96. The molecule has 3 heteroatoms. The summed E-state index contributed by atoms with van der Waals surface area (Å²) in [5, 5.41) is 3.07. The van der Waals surface area contributed by atoms with Crippen molar-refractivity contribution < 1.29 is 4.79 Å². The van der Waals surface area contributed by atoms with E-state index in [0.29, 0.717) is 0 Å². The number of hydrogen-bond donors (Lipinski definition) is 2. The van der Waals surface area contributed by atoms with Gasteiger partial charge < -0.3 is 11.1 Å². The van der Waals surface area contributed by atoms with Crippen LogP contribution in [0.4, 0.5) is 0 Å². The number of benzene rings is 1. The quantitative estimate of drug-likeness (QED) is 0.859. The predicted octanol–water partition coefficient (Wildman–Crippen LogP) is 2.30. The van der Waals surface area contributed by atoms with Crippen molar-refractivity contribution in [1.29, 1.82) is 0 Å². The molecule has 0 spiro atoms. The van der Waals surface area contributed by atoms with E-state index in [1.54, 1.807) is 0 Å². The smallest absolute Gasteiger partial charge is 0.225 e. The van der Waals surface area contributed by atoms with E-state index in [0.717, 1.165) is 24.8 Å². The number of rotatable bonds is 3. The molecule has 0 heterocycles. The second kappa shape index (κ2) is 5.53. The molecule has 1 saturated carbocycles. The van der Waals surface area contributed by atoms with E-state index in [-0.39, 0.29) is 23.9 Å². The number of aryl methyl sites for hydroxylation is 1. The standard InChI is InChI=1S/C15H22N2O/c1-10-6-8-12(9-7-10)11(2)17-15(18)13-4-3-5-14(13)16/h6-9,11,13-14H,3-5,16H2,1-2H3,(H,17,18). The fourth-order valence-electron chi connectivity index (χ4n) is 2.57. The Balaban J connectivity index is 1.96. The summed E-state index contributed by atoms with van der Waals surface area (Å²) < 4.78 is 0. The Morgan fingerprint density at radius 2 is 2.00 bits per heavy atom. The van der Waals surface area contributed by atoms with Crippen LogP contribution in [0, 0.1) is 12.8 Å². The van der Waals surface area contributed by atoms with E-state index in [2.05, 4.69) is 36.5 Å². The normalized spacial score (nSPS) is 24.8. The van der Waals surface area contributed by atoms with E-state index >= 15 is 0 Å². The molecular formula is C15H22N2O. The Morgan fingerprint density at radius 1 is 1.33 bits per heavy atom. The molecule has 1 aliphatic carbocycles. The zero-order valence-corrected chi connectivity index (χ0v) is 11.1. The van der Waals surface area contributed by atoms with Gasteiger partial charge in [-0.1, -0.05) is 36.2 Å². The van der Waals surface area contributed by atoms with Crippen LogP contribution in [0.15, 0.2) is 24.3 Å². The van der Waals surface area contributed by atoms with Crippen LogP contribution in [0.5, 0.6) is 0 Å². The number of carbonyl (C=O) groups excluding carboxylic acids is 1. The number of amides is 1. The summed E-state index contributed by atoms with van der Waals surface area (Å²) in [7, 11) is 0. The summed E-state index contributed by atoms with van der Waals surface area (Å²) in [4.78, 5) is 12.1. The zero-order chi connectivity index (χ0) is 13.1. The van der Waals surface area contributed by atoms with Gasteiger partial charge in [0, 0.05) is 6.04 Å². The van der Waals surface area contributed by atoms with Gasteiger partial charge in [0.1, 0.15) is 0 Å². The summed E-state index contributed by atoms with van der Waals surface area (Å²) in [6.45, 7) is 4.08. The van der Waals surface area contributed by atoms with Crippen LogP contribution in [-0.4, -0.2) is 11.9 Å². The highest BCUT2D eigenvalue weighted by Gasteiger charge is 2.30. The Bertz CT molecular complexity index is 413. The Kier molecular flexibility index (Phi) is 4.02. The Morgan fingerprint density at radius 3 is 2.56 bits per heavy atom. The van der Waals surface area contributed by atoms with Crippen LogP contribution in [0.2, 0.25) is 0 Å². The molecule has 3 N–H and O–H groups in total. The molecule has 3 unspecified atom stereocenters. The molecule has 98 valence electrons. The fraction of sp³-hybridized carbons (Fsp3) is 0.533. The van der Waals surface area contributed by atoms with Crippen molar-refractivity contribution >= 4 is 5.91 Å². The highest BCUT2D eigenvalue weighted by Crippen LogP contribution is 2.25. The van der Waals surface area contributed by atoms with Crippen molar-refractivity contribution in [3.05, 3.63) is 35.4 Å². The van der Waals surface area contributed by atoms with E-state index in [4.69, 9.17) is 5.73 Å². The van der Waals surface area contributed by atoms with Crippen molar-refractivity contribution in [2.24, 2.45) is 11.7 Å². The van der Waals surface area contributed by atoms with Gasteiger partial charge in [-0.2, -0.15) is 0 Å². The first-order chi connectivity index (χ1) is 8.58. The van der Waals surface area contributed by atoms with Crippen molar-refractivity contribution in [3.63, 3.8) is 0 Å². The third-order valence-corrected chi connectivity index (χ3v) is 3.84. The molecule has 3 nitrogen and oxygen atoms in total. The minimum Gasteiger partial charge on any atom is -0.349 e. The van der Waals surface area contributed by atoms with Crippen LogP contribution >= 0.6 is 0 Å². The number of carbonyl (C=O) groups is 1. The molecule has 1 aromatic carbocycles. The lowest BCUT2D eigenvalue weighted by Crippen LogP contribution is -2.39. The first kappa shape index (κ1) is 13.1. The second-order valence-corrected chi connectivity index (χ2v) is 5.34. The zero-order valence-electron chi connectivity index (χ0n) is 11.1. The number of hydrogen-bond acceptors (Lipinski definition) is 2. The Labute approximate surface area is 109 Å². The largest absolute Gasteiger partial charge is 0.349 e. The van der Waals surface area contributed by atoms with Gasteiger partial charge in [-0.25, -0.2) is 0 Å². The van der Waals surface area contributed by atoms with Crippen LogP contribution < -0.4 is 11.1 Å². The summed E-state index contributed by atoms with van der Waals surface area (Å²) in [5.74, 6) is 0.103. The molecule has 0 bridgehead atoms. The molecular weight excluding hydrogens is 224 g/mol. The van der Waals surface area contributed by atoms with Crippen molar-refractivity contribution in [2.45, 2.75) is 45.2 Å². The second-order valence-electron chi connectivity index (χ2n) is 5.34. The lowest BCUT2D eigenvalue weighted by molar-refractivity contribution is -0.125. The van der Waals surface area contributed by atoms with Crippen LogP contribution in [0.3, 0.4) is 0 Å². The van der Waals surface area contributed by atoms with Gasteiger partial charge in [-0.3, -0.25) is 4.79 Å². The molecule has 0 radical (unpaired) electrons. The molecule has 0 aliphatic heterocycles. The summed E-state index contributed by atoms with van der Waals surface area (Å²) >= 11 is 0. The van der Waals surface area contributed by atoms with Crippen molar-refractivity contribution in [2.75, 3.05) is 0 Å². The van der Waals surface area contributed by atoms with Gasteiger partial charge >= 0.3 is 0 Å². The minimum atomic E-state index is -0.00195.